The van der Waals surface area contributed by atoms with Gasteiger partial charge in [-0.15, -0.1) is 0 Å². The molecule has 3 aromatic carbocycles. The van der Waals surface area contributed by atoms with Crippen LogP contribution >= 0.6 is 0 Å². The van der Waals surface area contributed by atoms with Crippen LogP contribution in [0.3, 0.4) is 0 Å². The summed E-state index contributed by atoms with van der Waals surface area (Å²) >= 11 is 0. The van der Waals surface area contributed by atoms with Crippen LogP contribution in [0.15, 0.2) is 84.9 Å². The average molecular weight is 280 g/mol. The van der Waals surface area contributed by atoms with Crippen molar-refractivity contribution in [2.75, 3.05) is 0 Å². The third-order valence-electron chi connectivity index (χ3n) is 2.60. The predicted octanol–water partition coefficient (Wildman–Crippen LogP) is 4.58. The highest BCUT2D eigenvalue weighted by Gasteiger charge is 1.92. The Bertz CT molecular complexity index is 593. The molecule has 0 unspecified atom stereocenters. The number of benzene rings is 3. The molecule has 3 rings (SSSR count). The number of aromatic hydroxyl groups is 2. The standard InChI is InChI=1S/C12H10O.C6H6O2/c1-3-7-11(8-4-1)13-12-9-5-2-6-10-12;7-5-3-1-2-4-6(5)8/h1-10H;1-4,7-8H. The van der Waals surface area contributed by atoms with Crippen LogP contribution < -0.4 is 4.74 Å². The highest BCUT2D eigenvalue weighted by molar-refractivity contribution is 5.36. The molecule has 106 valence electrons. The van der Waals surface area contributed by atoms with E-state index in [0.29, 0.717) is 0 Å². The topological polar surface area (TPSA) is 49.7 Å². The lowest BCUT2D eigenvalue weighted by molar-refractivity contribution is 0.404. The summed E-state index contributed by atoms with van der Waals surface area (Å²) < 4.78 is 5.58. The molecule has 0 aliphatic carbocycles. The Morgan fingerprint density at radius 2 is 0.810 bits per heavy atom. The first-order valence-corrected chi connectivity index (χ1v) is 6.50. The van der Waals surface area contributed by atoms with Crippen molar-refractivity contribution in [2.45, 2.75) is 0 Å². The zero-order valence-electron chi connectivity index (χ0n) is 11.4. The summed E-state index contributed by atoms with van der Waals surface area (Å²) in [5, 5.41) is 17.3. The third kappa shape index (κ3) is 4.91. The third-order valence-corrected chi connectivity index (χ3v) is 2.60. The van der Waals surface area contributed by atoms with Crippen LogP contribution in [0.4, 0.5) is 0 Å². The first kappa shape index (κ1) is 14.5. The number of ether oxygens (including phenoxy) is 1. The van der Waals surface area contributed by atoms with Crippen LogP contribution in [0.2, 0.25) is 0 Å². The first-order valence-electron chi connectivity index (χ1n) is 6.50. The molecule has 0 aliphatic heterocycles. The van der Waals surface area contributed by atoms with Crippen molar-refractivity contribution in [1.82, 2.24) is 0 Å². The lowest BCUT2D eigenvalue weighted by Gasteiger charge is -2.03. The van der Waals surface area contributed by atoms with Gasteiger partial charge in [0.05, 0.1) is 0 Å². The normalized spacial score (nSPS) is 9.33. The summed E-state index contributed by atoms with van der Waals surface area (Å²) in [6, 6.07) is 25.7. The monoisotopic (exact) mass is 280 g/mol. The van der Waals surface area contributed by atoms with E-state index in [-0.39, 0.29) is 11.5 Å². The molecule has 21 heavy (non-hydrogen) atoms. The molecule has 0 bridgehead atoms. The molecular weight excluding hydrogens is 264 g/mol. The summed E-state index contributed by atoms with van der Waals surface area (Å²) in [6.07, 6.45) is 0. The maximum atomic E-state index is 8.67. The van der Waals surface area contributed by atoms with Gasteiger partial charge in [0.2, 0.25) is 0 Å². The van der Waals surface area contributed by atoms with E-state index in [9.17, 15) is 0 Å². The molecule has 3 nitrogen and oxygen atoms in total. The van der Waals surface area contributed by atoms with Gasteiger partial charge in [-0.25, -0.2) is 0 Å². The molecule has 2 N–H and O–H groups in total. The van der Waals surface area contributed by atoms with E-state index < -0.39 is 0 Å². The van der Waals surface area contributed by atoms with Crippen LogP contribution in [0.5, 0.6) is 23.0 Å². The van der Waals surface area contributed by atoms with Gasteiger partial charge in [0.25, 0.3) is 0 Å². The van der Waals surface area contributed by atoms with E-state index in [1.54, 1.807) is 12.1 Å². The molecule has 0 fully saturated rings. The second-order valence-corrected chi connectivity index (χ2v) is 4.22. The van der Waals surface area contributed by atoms with E-state index in [1.807, 2.05) is 60.7 Å². The van der Waals surface area contributed by atoms with Crippen molar-refractivity contribution in [3.05, 3.63) is 84.9 Å². The van der Waals surface area contributed by atoms with Crippen LogP contribution in [0, 0.1) is 0 Å². The smallest absolute Gasteiger partial charge is 0.157 e. The Balaban J connectivity index is 0.000000173. The molecule has 3 heteroatoms. The minimum atomic E-state index is -0.0764. The van der Waals surface area contributed by atoms with Crippen LogP contribution in [0.25, 0.3) is 0 Å². The Morgan fingerprint density at radius 1 is 0.476 bits per heavy atom. The highest BCUT2D eigenvalue weighted by atomic mass is 16.5. The molecule has 0 amide bonds. The quantitative estimate of drug-likeness (QED) is 0.676. The number of hydrogen-bond donors (Lipinski definition) is 2. The first-order chi connectivity index (χ1) is 10.3. The van der Waals surface area contributed by atoms with Crippen LogP contribution in [0.1, 0.15) is 0 Å². The number of phenols is 2. The maximum Gasteiger partial charge on any atom is 0.157 e. The summed E-state index contributed by atoms with van der Waals surface area (Å²) in [7, 11) is 0. The number of phenolic OH excluding ortho intramolecular Hbond substituents is 2. The summed E-state index contributed by atoms with van der Waals surface area (Å²) in [4.78, 5) is 0. The average Bonchev–Trinajstić information content (AvgIpc) is 2.53. The van der Waals surface area contributed by atoms with Crippen molar-refractivity contribution in [3.63, 3.8) is 0 Å². The summed E-state index contributed by atoms with van der Waals surface area (Å²) in [6.45, 7) is 0. The molecule has 0 saturated carbocycles. The van der Waals surface area contributed by atoms with Crippen molar-refractivity contribution < 1.29 is 14.9 Å². The summed E-state index contributed by atoms with van der Waals surface area (Å²) in [5.74, 6) is 1.59. The number of rotatable bonds is 2. The van der Waals surface area contributed by atoms with Crippen molar-refractivity contribution in [1.29, 1.82) is 0 Å². The SMILES string of the molecule is Oc1ccccc1O.c1ccc(Oc2ccccc2)cc1. The zero-order chi connectivity index (χ0) is 14.9. The van der Waals surface area contributed by atoms with Crippen molar-refractivity contribution >= 4 is 0 Å². The molecule has 0 saturated heterocycles. The molecule has 0 aliphatic rings. The fraction of sp³-hybridized carbons (Fsp3) is 0. The Hall–Kier alpha value is -2.94. The van der Waals surface area contributed by atoms with E-state index >= 15 is 0 Å². The minimum Gasteiger partial charge on any atom is -0.504 e. The van der Waals surface area contributed by atoms with Gasteiger partial charge in [-0.2, -0.15) is 0 Å². The van der Waals surface area contributed by atoms with Gasteiger partial charge in [-0.1, -0.05) is 48.5 Å². The molecule has 0 aromatic heterocycles. The van der Waals surface area contributed by atoms with Crippen molar-refractivity contribution in [2.24, 2.45) is 0 Å². The lowest BCUT2D eigenvalue weighted by atomic mass is 10.3. The van der Waals surface area contributed by atoms with Crippen LogP contribution in [-0.2, 0) is 0 Å². The summed E-state index contributed by atoms with van der Waals surface area (Å²) in [5.41, 5.74) is 0. The fourth-order valence-electron chi connectivity index (χ4n) is 1.58. The maximum absolute atomic E-state index is 8.67. The van der Waals surface area contributed by atoms with E-state index in [4.69, 9.17) is 14.9 Å². The molecule has 0 radical (unpaired) electrons. The van der Waals surface area contributed by atoms with E-state index in [2.05, 4.69) is 0 Å². The second-order valence-electron chi connectivity index (χ2n) is 4.22. The Labute approximate surface area is 123 Å². The molecule has 0 spiro atoms. The molecule has 3 aromatic rings. The Kier molecular flexibility index (Phi) is 5.24. The van der Waals surface area contributed by atoms with E-state index in [0.717, 1.165) is 11.5 Å². The van der Waals surface area contributed by atoms with E-state index in [1.165, 1.54) is 12.1 Å². The molecule has 0 atom stereocenters. The number of para-hydroxylation sites is 4. The highest BCUT2D eigenvalue weighted by Crippen LogP contribution is 2.21. The van der Waals surface area contributed by atoms with Gasteiger partial charge in [0.1, 0.15) is 11.5 Å². The largest absolute Gasteiger partial charge is 0.504 e. The predicted molar refractivity (Wildman–Crippen MR) is 82.7 cm³/mol. The van der Waals surface area contributed by atoms with Gasteiger partial charge in [0, 0.05) is 0 Å². The molecule has 0 heterocycles. The van der Waals surface area contributed by atoms with Crippen LogP contribution in [-0.4, -0.2) is 10.2 Å². The lowest BCUT2D eigenvalue weighted by Crippen LogP contribution is -1.81. The Morgan fingerprint density at radius 3 is 1.14 bits per heavy atom. The van der Waals surface area contributed by atoms with Gasteiger partial charge in [0.15, 0.2) is 11.5 Å². The second kappa shape index (κ2) is 7.60. The number of hydrogen-bond acceptors (Lipinski definition) is 3. The molecular formula is C18H16O3. The van der Waals surface area contributed by atoms with Gasteiger partial charge >= 0.3 is 0 Å². The fourth-order valence-corrected chi connectivity index (χ4v) is 1.58. The van der Waals surface area contributed by atoms with Gasteiger partial charge in [-0.3, -0.25) is 0 Å². The van der Waals surface area contributed by atoms with Gasteiger partial charge < -0.3 is 14.9 Å². The van der Waals surface area contributed by atoms with Crippen molar-refractivity contribution in [3.8, 4) is 23.0 Å². The minimum absolute atomic E-state index is 0.0764. The van der Waals surface area contributed by atoms with Gasteiger partial charge in [-0.05, 0) is 36.4 Å². The zero-order valence-corrected chi connectivity index (χ0v) is 11.4.